The first-order chi connectivity index (χ1) is 13.1. The van der Waals surface area contributed by atoms with E-state index in [0.717, 1.165) is 16.2 Å². The summed E-state index contributed by atoms with van der Waals surface area (Å²) < 4.78 is 5.39. The topological polar surface area (TPSA) is 74.6 Å². The third kappa shape index (κ3) is 5.72. The van der Waals surface area contributed by atoms with Crippen LogP contribution in [0.4, 0.5) is 10.5 Å². The number of hydrogen-bond acceptors (Lipinski definition) is 4. The molecule has 3 aromatic rings. The standard InChI is InChI=1S/C20H21N3O3S/c1-15(24)22-17-6-2-5-16(11-17)12-21-20(25)23(13-18-7-3-9-26-18)14-19-8-4-10-27-19/h2-11H,12-14H2,1H3,(H,21,25)(H,22,24). The van der Waals surface area contributed by atoms with Crippen LogP contribution in [0.1, 0.15) is 23.1 Å². The van der Waals surface area contributed by atoms with Gasteiger partial charge in [-0.3, -0.25) is 4.79 Å². The zero-order valence-corrected chi connectivity index (χ0v) is 15.8. The van der Waals surface area contributed by atoms with E-state index in [1.165, 1.54) is 6.92 Å². The number of benzene rings is 1. The molecule has 0 unspecified atom stereocenters. The molecule has 0 aliphatic rings. The number of urea groups is 1. The molecule has 0 bridgehead atoms. The molecule has 0 fully saturated rings. The summed E-state index contributed by atoms with van der Waals surface area (Å²) in [7, 11) is 0. The molecule has 3 rings (SSSR count). The predicted octanol–water partition coefficient (Wildman–Crippen LogP) is 4.21. The van der Waals surface area contributed by atoms with E-state index < -0.39 is 0 Å². The minimum atomic E-state index is -0.176. The van der Waals surface area contributed by atoms with Gasteiger partial charge < -0.3 is 20.0 Å². The van der Waals surface area contributed by atoms with Gasteiger partial charge in [-0.25, -0.2) is 4.79 Å². The molecule has 0 spiro atoms. The van der Waals surface area contributed by atoms with Crippen molar-refractivity contribution in [3.05, 3.63) is 76.4 Å². The van der Waals surface area contributed by atoms with Gasteiger partial charge in [0.25, 0.3) is 0 Å². The van der Waals surface area contributed by atoms with Gasteiger partial charge in [-0.1, -0.05) is 18.2 Å². The molecule has 0 aliphatic heterocycles. The van der Waals surface area contributed by atoms with Gasteiger partial charge >= 0.3 is 6.03 Å². The third-order valence-corrected chi connectivity index (χ3v) is 4.69. The van der Waals surface area contributed by atoms with Crippen LogP contribution < -0.4 is 10.6 Å². The van der Waals surface area contributed by atoms with Gasteiger partial charge in [-0.05, 0) is 41.3 Å². The SMILES string of the molecule is CC(=O)Nc1cccc(CNC(=O)N(Cc2ccco2)Cc2cccs2)c1. The van der Waals surface area contributed by atoms with Gasteiger partial charge in [0.15, 0.2) is 0 Å². The van der Waals surface area contributed by atoms with Gasteiger partial charge in [-0.15, -0.1) is 11.3 Å². The fourth-order valence-corrected chi connectivity index (χ4v) is 3.35. The summed E-state index contributed by atoms with van der Waals surface area (Å²) >= 11 is 1.61. The number of carbonyl (C=O) groups excluding carboxylic acids is 2. The van der Waals surface area contributed by atoms with Crippen molar-refractivity contribution in [3.63, 3.8) is 0 Å². The summed E-state index contributed by atoms with van der Waals surface area (Å²) in [4.78, 5) is 26.7. The minimum Gasteiger partial charge on any atom is -0.467 e. The second-order valence-corrected chi connectivity index (χ2v) is 7.09. The fraction of sp³-hybridized carbons (Fsp3) is 0.200. The molecule has 0 saturated heterocycles. The van der Waals surface area contributed by atoms with Gasteiger partial charge in [0, 0.05) is 24.0 Å². The van der Waals surface area contributed by atoms with Crippen molar-refractivity contribution in [1.29, 1.82) is 0 Å². The number of amides is 3. The van der Waals surface area contributed by atoms with E-state index in [1.807, 2.05) is 53.9 Å². The van der Waals surface area contributed by atoms with E-state index in [-0.39, 0.29) is 11.9 Å². The number of furan rings is 1. The molecule has 6 nitrogen and oxygen atoms in total. The molecule has 0 radical (unpaired) electrons. The zero-order valence-electron chi connectivity index (χ0n) is 15.0. The Hall–Kier alpha value is -3.06. The fourth-order valence-electron chi connectivity index (χ4n) is 2.63. The number of rotatable bonds is 7. The summed E-state index contributed by atoms with van der Waals surface area (Å²) in [6.07, 6.45) is 1.60. The van der Waals surface area contributed by atoms with E-state index >= 15 is 0 Å². The molecule has 2 N–H and O–H groups in total. The second kappa shape index (κ2) is 9.05. The summed E-state index contributed by atoms with van der Waals surface area (Å²) in [6.45, 7) is 2.73. The quantitative estimate of drug-likeness (QED) is 0.642. The third-order valence-electron chi connectivity index (χ3n) is 3.83. The Labute approximate surface area is 161 Å². The van der Waals surface area contributed by atoms with Crippen LogP contribution in [0.5, 0.6) is 0 Å². The predicted molar refractivity (Wildman–Crippen MR) is 105 cm³/mol. The lowest BCUT2D eigenvalue weighted by atomic mass is 10.2. The molecule has 7 heteroatoms. The summed E-state index contributed by atoms with van der Waals surface area (Å²) in [5.41, 5.74) is 1.61. The Balaban J connectivity index is 1.64. The Bertz CT molecular complexity index is 840. The van der Waals surface area contributed by atoms with Crippen LogP contribution in [0.3, 0.4) is 0 Å². The van der Waals surface area contributed by atoms with Crippen molar-refractivity contribution >= 4 is 29.0 Å². The number of hydrogen-bond donors (Lipinski definition) is 2. The lowest BCUT2D eigenvalue weighted by molar-refractivity contribution is -0.114. The van der Waals surface area contributed by atoms with Crippen molar-refractivity contribution < 1.29 is 14.0 Å². The minimum absolute atomic E-state index is 0.128. The number of nitrogens with zero attached hydrogens (tertiary/aromatic N) is 1. The molecule has 0 atom stereocenters. The molecule has 2 heterocycles. The Morgan fingerprint density at radius 2 is 2.00 bits per heavy atom. The largest absolute Gasteiger partial charge is 0.467 e. The molecule has 0 saturated carbocycles. The maximum atomic E-state index is 12.7. The smallest absolute Gasteiger partial charge is 0.318 e. The van der Waals surface area contributed by atoms with Gasteiger partial charge in [-0.2, -0.15) is 0 Å². The first-order valence-electron chi connectivity index (χ1n) is 8.54. The number of carbonyl (C=O) groups is 2. The normalized spacial score (nSPS) is 10.4. The molecule has 0 aliphatic carbocycles. The zero-order chi connectivity index (χ0) is 19.1. The van der Waals surface area contributed by atoms with Crippen LogP contribution in [-0.4, -0.2) is 16.8 Å². The van der Waals surface area contributed by atoms with Crippen molar-refractivity contribution in [2.45, 2.75) is 26.6 Å². The number of thiophene rings is 1. The highest BCUT2D eigenvalue weighted by Crippen LogP contribution is 2.16. The Kier molecular flexibility index (Phi) is 6.27. The maximum Gasteiger partial charge on any atom is 0.318 e. The summed E-state index contributed by atoms with van der Waals surface area (Å²) in [6, 6.07) is 14.9. The van der Waals surface area contributed by atoms with E-state index in [9.17, 15) is 9.59 Å². The van der Waals surface area contributed by atoms with Crippen LogP contribution in [0.2, 0.25) is 0 Å². The van der Waals surface area contributed by atoms with E-state index in [0.29, 0.717) is 25.3 Å². The monoisotopic (exact) mass is 383 g/mol. The lowest BCUT2D eigenvalue weighted by Gasteiger charge is -2.21. The lowest BCUT2D eigenvalue weighted by Crippen LogP contribution is -2.38. The van der Waals surface area contributed by atoms with Crippen LogP contribution in [0, 0.1) is 0 Å². The van der Waals surface area contributed by atoms with Crippen LogP contribution in [0.15, 0.2) is 64.6 Å². The molecule has 3 amide bonds. The first-order valence-corrected chi connectivity index (χ1v) is 9.42. The summed E-state index contributed by atoms with van der Waals surface area (Å²) in [5.74, 6) is 0.603. The van der Waals surface area contributed by atoms with Crippen molar-refractivity contribution in [2.24, 2.45) is 0 Å². The van der Waals surface area contributed by atoms with Gasteiger partial charge in [0.05, 0.1) is 19.4 Å². The molecule has 27 heavy (non-hydrogen) atoms. The molecular formula is C20H21N3O3S. The van der Waals surface area contributed by atoms with E-state index in [2.05, 4.69) is 10.6 Å². The van der Waals surface area contributed by atoms with E-state index in [4.69, 9.17) is 4.42 Å². The molecule has 2 aromatic heterocycles. The Morgan fingerprint density at radius 1 is 1.11 bits per heavy atom. The summed E-state index contributed by atoms with van der Waals surface area (Å²) in [5, 5.41) is 7.68. The highest BCUT2D eigenvalue weighted by atomic mass is 32.1. The molecular weight excluding hydrogens is 362 g/mol. The van der Waals surface area contributed by atoms with Gasteiger partial charge in [0.2, 0.25) is 5.91 Å². The molecule has 1 aromatic carbocycles. The number of anilines is 1. The molecule has 140 valence electrons. The van der Waals surface area contributed by atoms with Crippen LogP contribution in [-0.2, 0) is 24.4 Å². The highest BCUT2D eigenvalue weighted by Gasteiger charge is 2.16. The first kappa shape index (κ1) is 18.7. The van der Waals surface area contributed by atoms with Crippen molar-refractivity contribution in [3.8, 4) is 0 Å². The average molecular weight is 383 g/mol. The second-order valence-electron chi connectivity index (χ2n) is 6.06. The van der Waals surface area contributed by atoms with Crippen LogP contribution in [0.25, 0.3) is 0 Å². The Morgan fingerprint density at radius 3 is 2.70 bits per heavy atom. The number of nitrogens with one attached hydrogen (secondary N) is 2. The van der Waals surface area contributed by atoms with Crippen molar-refractivity contribution in [2.75, 3.05) is 5.32 Å². The van der Waals surface area contributed by atoms with Crippen molar-refractivity contribution in [1.82, 2.24) is 10.2 Å². The highest BCUT2D eigenvalue weighted by molar-refractivity contribution is 7.09. The average Bonchev–Trinajstić information content (AvgIpc) is 3.33. The van der Waals surface area contributed by atoms with Crippen LogP contribution >= 0.6 is 11.3 Å². The maximum absolute atomic E-state index is 12.7. The van der Waals surface area contributed by atoms with Gasteiger partial charge in [0.1, 0.15) is 5.76 Å². The van der Waals surface area contributed by atoms with E-state index in [1.54, 1.807) is 22.5 Å².